The second-order valence-corrected chi connectivity index (χ2v) is 9.22. The third-order valence-corrected chi connectivity index (χ3v) is 6.31. The Morgan fingerprint density at radius 3 is 2.05 bits per heavy atom. The van der Waals surface area contributed by atoms with Gasteiger partial charge in [0, 0.05) is 37.1 Å². The molecule has 1 aromatic heterocycles. The van der Waals surface area contributed by atoms with Gasteiger partial charge < -0.3 is 14.4 Å². The average molecular weight is 516 g/mol. The molecule has 2 amide bonds. The summed E-state index contributed by atoms with van der Waals surface area (Å²) in [4.78, 5) is 30.1. The summed E-state index contributed by atoms with van der Waals surface area (Å²) in [5.74, 6) is -1.20. The zero-order valence-electron chi connectivity index (χ0n) is 21.4. The monoisotopic (exact) mass is 515 g/mol. The van der Waals surface area contributed by atoms with Crippen LogP contribution in [0.5, 0.6) is 0 Å². The summed E-state index contributed by atoms with van der Waals surface area (Å²) < 4.78 is 28.8. The van der Waals surface area contributed by atoms with Crippen molar-refractivity contribution in [1.29, 1.82) is 0 Å². The number of aromatic nitrogens is 1. The van der Waals surface area contributed by atoms with Crippen LogP contribution < -0.4 is 0 Å². The maximum Gasteiger partial charge on any atom is 0.254 e. The first-order valence-corrected chi connectivity index (χ1v) is 12.7. The molecule has 38 heavy (non-hydrogen) atoms. The smallest absolute Gasteiger partial charge is 0.254 e. The predicted molar refractivity (Wildman–Crippen MR) is 143 cm³/mol. The molecule has 5 nitrogen and oxygen atoms in total. The number of nitrogens with zero attached hydrogens (tertiary/aromatic N) is 3. The van der Waals surface area contributed by atoms with Crippen LogP contribution in [-0.2, 0) is 24.4 Å². The molecule has 0 N–H and O–H groups in total. The lowest BCUT2D eigenvalue weighted by Crippen LogP contribution is -2.43. The highest BCUT2D eigenvalue weighted by Crippen LogP contribution is 2.16. The molecule has 4 aromatic rings. The van der Waals surface area contributed by atoms with Crippen LogP contribution >= 0.6 is 0 Å². The summed E-state index contributed by atoms with van der Waals surface area (Å²) in [5, 5.41) is 0. The fraction of sp³-hybridized carbons (Fsp3) is 0.226. The number of halogens is 2. The summed E-state index contributed by atoms with van der Waals surface area (Å²) >= 11 is 0. The number of carbonyl (C=O) groups is 2. The first kappa shape index (κ1) is 26.8. The summed E-state index contributed by atoms with van der Waals surface area (Å²) in [5.41, 5.74) is 3.19. The van der Waals surface area contributed by atoms with E-state index in [4.69, 9.17) is 0 Å². The quantitative estimate of drug-likeness (QED) is 0.250. The number of amides is 2. The SMILES string of the molecule is CCCN(CC(=O)N(Cc1ccccc1)Cc1cccn1Cc1ccc(F)cc1)C(=O)c1ccc(F)cc1. The molecule has 0 atom stereocenters. The van der Waals surface area contributed by atoms with Gasteiger partial charge in [-0.3, -0.25) is 9.59 Å². The fourth-order valence-corrected chi connectivity index (χ4v) is 4.33. The van der Waals surface area contributed by atoms with Crippen molar-refractivity contribution in [3.63, 3.8) is 0 Å². The molecule has 0 unspecified atom stereocenters. The molecule has 7 heteroatoms. The maximum absolute atomic E-state index is 13.7. The number of rotatable bonds is 11. The van der Waals surface area contributed by atoms with E-state index in [0.717, 1.165) is 16.8 Å². The zero-order valence-corrected chi connectivity index (χ0v) is 21.4. The lowest BCUT2D eigenvalue weighted by Gasteiger charge is -2.28. The van der Waals surface area contributed by atoms with Gasteiger partial charge in [0.1, 0.15) is 18.2 Å². The van der Waals surface area contributed by atoms with Crippen LogP contribution in [0.3, 0.4) is 0 Å². The van der Waals surface area contributed by atoms with Gasteiger partial charge >= 0.3 is 0 Å². The summed E-state index contributed by atoms with van der Waals surface area (Å²) in [6, 6.07) is 25.3. The minimum Gasteiger partial charge on any atom is -0.345 e. The van der Waals surface area contributed by atoms with Gasteiger partial charge in [-0.1, -0.05) is 49.4 Å². The second kappa shape index (κ2) is 12.8. The van der Waals surface area contributed by atoms with Gasteiger partial charge in [0.15, 0.2) is 0 Å². The molecule has 0 aliphatic rings. The Kier molecular flexibility index (Phi) is 9.03. The van der Waals surface area contributed by atoms with E-state index in [1.807, 2.05) is 60.2 Å². The van der Waals surface area contributed by atoms with Crippen LogP contribution in [0.25, 0.3) is 0 Å². The van der Waals surface area contributed by atoms with Crippen LogP contribution in [-0.4, -0.2) is 39.3 Å². The van der Waals surface area contributed by atoms with Gasteiger partial charge in [0.05, 0.1) is 6.54 Å². The molecule has 0 fully saturated rings. The molecule has 0 radical (unpaired) electrons. The van der Waals surface area contributed by atoms with E-state index in [-0.39, 0.29) is 24.2 Å². The van der Waals surface area contributed by atoms with E-state index < -0.39 is 5.82 Å². The molecule has 1 heterocycles. The molecule has 0 bridgehead atoms. The lowest BCUT2D eigenvalue weighted by molar-refractivity contribution is -0.133. The van der Waals surface area contributed by atoms with E-state index >= 15 is 0 Å². The molecule has 196 valence electrons. The largest absolute Gasteiger partial charge is 0.345 e. The van der Waals surface area contributed by atoms with Gasteiger partial charge in [0.25, 0.3) is 5.91 Å². The Morgan fingerprint density at radius 1 is 0.737 bits per heavy atom. The van der Waals surface area contributed by atoms with Crippen molar-refractivity contribution >= 4 is 11.8 Å². The Bertz CT molecular complexity index is 1340. The van der Waals surface area contributed by atoms with E-state index in [9.17, 15) is 18.4 Å². The van der Waals surface area contributed by atoms with Crippen LogP contribution in [0, 0.1) is 11.6 Å². The second-order valence-electron chi connectivity index (χ2n) is 9.22. The third kappa shape index (κ3) is 7.16. The van der Waals surface area contributed by atoms with E-state index in [1.54, 1.807) is 17.0 Å². The number of carbonyl (C=O) groups excluding carboxylic acids is 2. The number of benzene rings is 3. The molecular weight excluding hydrogens is 484 g/mol. The van der Waals surface area contributed by atoms with Crippen LogP contribution in [0.1, 0.15) is 40.5 Å². The van der Waals surface area contributed by atoms with Gasteiger partial charge in [-0.2, -0.15) is 0 Å². The first-order chi connectivity index (χ1) is 18.4. The average Bonchev–Trinajstić information content (AvgIpc) is 3.36. The summed E-state index contributed by atoms with van der Waals surface area (Å²) in [7, 11) is 0. The van der Waals surface area contributed by atoms with Crippen molar-refractivity contribution in [2.75, 3.05) is 13.1 Å². The van der Waals surface area contributed by atoms with Gasteiger partial charge in [-0.15, -0.1) is 0 Å². The highest BCUT2D eigenvalue weighted by atomic mass is 19.1. The Labute approximate surface area is 221 Å². The fourth-order valence-electron chi connectivity index (χ4n) is 4.33. The predicted octanol–water partition coefficient (Wildman–Crippen LogP) is 5.90. The standard InChI is InChI=1S/C31H31F2N3O2/c1-2-18-35(31(38)26-12-16-28(33)17-13-26)23-30(37)36(21-24-7-4-3-5-8-24)22-29-9-6-19-34(29)20-25-10-14-27(32)15-11-25/h3-17,19H,2,18,20-23H2,1H3. The molecule has 3 aromatic carbocycles. The minimum absolute atomic E-state index is 0.0877. The van der Waals surface area contributed by atoms with Crippen molar-refractivity contribution in [2.45, 2.75) is 33.0 Å². The van der Waals surface area contributed by atoms with Gasteiger partial charge in [0.2, 0.25) is 5.91 Å². The molecule has 0 aliphatic carbocycles. The van der Waals surface area contributed by atoms with Crippen molar-refractivity contribution in [3.8, 4) is 0 Å². The van der Waals surface area contributed by atoms with E-state index in [1.165, 1.54) is 41.3 Å². The Balaban J connectivity index is 1.55. The lowest BCUT2D eigenvalue weighted by atomic mass is 10.1. The van der Waals surface area contributed by atoms with E-state index in [2.05, 4.69) is 0 Å². The number of hydrogen-bond donors (Lipinski definition) is 0. The van der Waals surface area contributed by atoms with Gasteiger partial charge in [-0.25, -0.2) is 8.78 Å². The molecule has 4 rings (SSSR count). The number of hydrogen-bond acceptors (Lipinski definition) is 2. The Morgan fingerprint density at radius 2 is 1.39 bits per heavy atom. The van der Waals surface area contributed by atoms with Crippen LogP contribution in [0.15, 0.2) is 97.2 Å². The molecule has 0 aliphatic heterocycles. The highest BCUT2D eigenvalue weighted by Gasteiger charge is 2.23. The zero-order chi connectivity index (χ0) is 26.9. The third-order valence-electron chi connectivity index (χ3n) is 6.31. The molecule has 0 spiro atoms. The topological polar surface area (TPSA) is 45.6 Å². The molecule has 0 saturated heterocycles. The van der Waals surface area contributed by atoms with E-state index in [0.29, 0.717) is 38.2 Å². The maximum atomic E-state index is 13.7. The van der Waals surface area contributed by atoms with Crippen LogP contribution in [0.4, 0.5) is 8.78 Å². The summed E-state index contributed by atoms with van der Waals surface area (Å²) in [6.07, 6.45) is 2.62. The van der Waals surface area contributed by atoms with Crippen molar-refractivity contribution < 1.29 is 18.4 Å². The van der Waals surface area contributed by atoms with Crippen molar-refractivity contribution in [1.82, 2.24) is 14.4 Å². The highest BCUT2D eigenvalue weighted by molar-refractivity contribution is 5.96. The summed E-state index contributed by atoms with van der Waals surface area (Å²) in [6.45, 7) is 3.52. The molecule has 0 saturated carbocycles. The van der Waals surface area contributed by atoms with Crippen molar-refractivity contribution in [2.24, 2.45) is 0 Å². The van der Waals surface area contributed by atoms with Crippen LogP contribution in [0.2, 0.25) is 0 Å². The van der Waals surface area contributed by atoms with Crippen molar-refractivity contribution in [3.05, 3.63) is 131 Å². The van der Waals surface area contributed by atoms with Gasteiger partial charge in [-0.05, 0) is 66.1 Å². The first-order valence-electron chi connectivity index (χ1n) is 12.7. The normalized spacial score (nSPS) is 10.8. The minimum atomic E-state index is -0.419. The Hall–Kier alpha value is -4.26. The molecular formula is C31H31F2N3O2.